The zero-order valence-corrected chi connectivity index (χ0v) is 14.7. The first kappa shape index (κ1) is 16.3. The Morgan fingerprint density at radius 2 is 2.08 bits per heavy atom. The molecule has 1 amide bonds. The van der Waals surface area contributed by atoms with Gasteiger partial charge in [0.1, 0.15) is 0 Å². The van der Waals surface area contributed by atoms with E-state index in [1.165, 1.54) is 0 Å². The van der Waals surface area contributed by atoms with Crippen molar-refractivity contribution < 1.29 is 19.0 Å². The van der Waals surface area contributed by atoms with E-state index in [4.69, 9.17) is 14.2 Å². The maximum atomic E-state index is 12.3. The number of fused-ring (bicyclic) bond motifs is 2. The standard InChI is InChI=1S/C20H25NO4/c1-2-3-8-23-17-7-5-4-6-13(17)14-10-20(22)21-16-11-19-18(9-15(14)16)24-12-25-19/h7,9,11,13-14H,2-6,8,10,12H2,1H3,(H,21,22). The van der Waals surface area contributed by atoms with Gasteiger partial charge >= 0.3 is 0 Å². The van der Waals surface area contributed by atoms with E-state index < -0.39 is 0 Å². The SMILES string of the molecule is CCCCOC1=CCCCC1C1CC(=O)Nc2cc3c(cc21)OCO3. The number of amides is 1. The molecule has 1 N–H and O–H groups in total. The summed E-state index contributed by atoms with van der Waals surface area (Å²) in [6, 6.07) is 3.94. The lowest BCUT2D eigenvalue weighted by Crippen LogP contribution is -2.29. The summed E-state index contributed by atoms with van der Waals surface area (Å²) in [7, 11) is 0. The topological polar surface area (TPSA) is 56.8 Å². The number of allylic oxidation sites excluding steroid dienone is 2. The smallest absolute Gasteiger partial charge is 0.231 e. The number of hydrogen-bond acceptors (Lipinski definition) is 4. The highest BCUT2D eigenvalue weighted by molar-refractivity contribution is 5.95. The lowest BCUT2D eigenvalue weighted by atomic mass is 9.75. The lowest BCUT2D eigenvalue weighted by molar-refractivity contribution is -0.117. The minimum atomic E-state index is 0.0647. The fourth-order valence-electron chi connectivity index (χ4n) is 4.02. The van der Waals surface area contributed by atoms with E-state index in [9.17, 15) is 4.79 Å². The summed E-state index contributed by atoms with van der Waals surface area (Å²) < 4.78 is 17.1. The van der Waals surface area contributed by atoms with Gasteiger partial charge in [-0.2, -0.15) is 0 Å². The molecule has 5 nitrogen and oxygen atoms in total. The molecular weight excluding hydrogens is 318 g/mol. The third-order valence-corrected chi connectivity index (χ3v) is 5.31. The van der Waals surface area contributed by atoms with Crippen LogP contribution in [0.25, 0.3) is 0 Å². The molecule has 134 valence electrons. The van der Waals surface area contributed by atoms with Gasteiger partial charge in [-0.05, 0) is 43.4 Å². The van der Waals surface area contributed by atoms with Gasteiger partial charge in [0, 0.05) is 30.0 Å². The second-order valence-corrected chi connectivity index (χ2v) is 7.00. The summed E-state index contributed by atoms with van der Waals surface area (Å²) in [4.78, 5) is 12.3. The van der Waals surface area contributed by atoms with Crippen molar-refractivity contribution in [2.45, 2.75) is 51.4 Å². The summed E-state index contributed by atoms with van der Waals surface area (Å²) >= 11 is 0. The Morgan fingerprint density at radius 1 is 1.24 bits per heavy atom. The van der Waals surface area contributed by atoms with Crippen molar-refractivity contribution in [3.8, 4) is 11.5 Å². The van der Waals surface area contributed by atoms with Crippen LogP contribution in [-0.2, 0) is 9.53 Å². The number of nitrogens with one attached hydrogen (secondary N) is 1. The number of carbonyl (C=O) groups excluding carboxylic acids is 1. The van der Waals surface area contributed by atoms with Crippen LogP contribution in [0.2, 0.25) is 0 Å². The van der Waals surface area contributed by atoms with Gasteiger partial charge in [0.05, 0.1) is 12.4 Å². The molecule has 0 radical (unpaired) electrons. The van der Waals surface area contributed by atoms with Crippen molar-refractivity contribution in [2.24, 2.45) is 5.92 Å². The molecule has 2 aliphatic heterocycles. The number of benzene rings is 1. The molecule has 0 bridgehead atoms. The van der Waals surface area contributed by atoms with Crippen LogP contribution in [0.1, 0.15) is 56.9 Å². The van der Waals surface area contributed by atoms with Crippen molar-refractivity contribution in [2.75, 3.05) is 18.7 Å². The molecular formula is C20H25NO4. The highest BCUT2D eigenvalue weighted by atomic mass is 16.7. The number of ether oxygens (including phenoxy) is 3. The summed E-state index contributed by atoms with van der Waals surface area (Å²) in [6.07, 6.45) is 8.16. The maximum absolute atomic E-state index is 12.3. The zero-order valence-electron chi connectivity index (χ0n) is 14.7. The first-order chi connectivity index (χ1) is 12.3. The van der Waals surface area contributed by atoms with E-state index in [0.29, 0.717) is 12.2 Å². The molecule has 25 heavy (non-hydrogen) atoms. The summed E-state index contributed by atoms with van der Waals surface area (Å²) in [5.74, 6) is 3.01. The molecule has 0 saturated heterocycles. The summed E-state index contributed by atoms with van der Waals surface area (Å²) in [6.45, 7) is 3.16. The highest BCUT2D eigenvalue weighted by Gasteiger charge is 2.36. The average molecular weight is 343 g/mol. The van der Waals surface area contributed by atoms with Crippen molar-refractivity contribution >= 4 is 11.6 Å². The van der Waals surface area contributed by atoms with Crippen molar-refractivity contribution in [1.29, 1.82) is 0 Å². The van der Waals surface area contributed by atoms with Crippen LogP contribution in [0, 0.1) is 5.92 Å². The normalized spacial score (nSPS) is 24.4. The van der Waals surface area contributed by atoms with Gasteiger partial charge in [0.2, 0.25) is 12.7 Å². The van der Waals surface area contributed by atoms with Gasteiger partial charge in [-0.1, -0.05) is 13.3 Å². The molecule has 0 aromatic heterocycles. The van der Waals surface area contributed by atoms with Crippen molar-refractivity contribution in [1.82, 2.24) is 0 Å². The summed E-state index contributed by atoms with van der Waals surface area (Å²) in [5, 5.41) is 2.99. The van der Waals surface area contributed by atoms with Crippen LogP contribution in [0.3, 0.4) is 0 Å². The second-order valence-electron chi connectivity index (χ2n) is 7.00. The van der Waals surface area contributed by atoms with E-state index in [1.807, 2.05) is 12.1 Å². The molecule has 0 fully saturated rings. The predicted molar refractivity (Wildman–Crippen MR) is 94.8 cm³/mol. The second kappa shape index (κ2) is 6.98. The molecule has 3 aliphatic rings. The van der Waals surface area contributed by atoms with E-state index in [1.54, 1.807) is 0 Å². The van der Waals surface area contributed by atoms with Gasteiger partial charge in [-0.15, -0.1) is 0 Å². The fraction of sp³-hybridized carbons (Fsp3) is 0.550. The minimum Gasteiger partial charge on any atom is -0.498 e. The molecule has 2 heterocycles. The van der Waals surface area contributed by atoms with Crippen LogP contribution < -0.4 is 14.8 Å². The van der Waals surface area contributed by atoms with Gasteiger partial charge in [0.15, 0.2) is 11.5 Å². The Morgan fingerprint density at radius 3 is 2.92 bits per heavy atom. The molecule has 5 heteroatoms. The van der Waals surface area contributed by atoms with E-state index >= 15 is 0 Å². The summed E-state index contributed by atoms with van der Waals surface area (Å²) in [5.41, 5.74) is 1.99. The number of carbonyl (C=O) groups is 1. The lowest BCUT2D eigenvalue weighted by Gasteiger charge is -2.35. The number of unbranched alkanes of at least 4 members (excludes halogenated alkanes) is 1. The van der Waals surface area contributed by atoms with E-state index in [-0.39, 0.29) is 24.5 Å². The van der Waals surface area contributed by atoms with Crippen LogP contribution in [0.5, 0.6) is 11.5 Å². The van der Waals surface area contributed by atoms with Crippen molar-refractivity contribution in [3.05, 3.63) is 29.5 Å². The maximum Gasteiger partial charge on any atom is 0.231 e. The molecule has 0 spiro atoms. The molecule has 2 atom stereocenters. The highest BCUT2D eigenvalue weighted by Crippen LogP contribution is 2.48. The largest absolute Gasteiger partial charge is 0.498 e. The Balaban J connectivity index is 1.64. The van der Waals surface area contributed by atoms with Crippen LogP contribution >= 0.6 is 0 Å². The van der Waals surface area contributed by atoms with Gasteiger partial charge in [-0.3, -0.25) is 4.79 Å². The number of rotatable bonds is 5. The molecule has 1 aromatic rings. The zero-order chi connectivity index (χ0) is 17.2. The van der Waals surface area contributed by atoms with Gasteiger partial charge in [-0.25, -0.2) is 0 Å². The quantitative estimate of drug-likeness (QED) is 0.808. The average Bonchev–Trinajstić information content (AvgIpc) is 3.07. The van der Waals surface area contributed by atoms with E-state index in [0.717, 1.165) is 61.5 Å². The minimum absolute atomic E-state index is 0.0647. The Kier molecular flexibility index (Phi) is 4.55. The Hall–Kier alpha value is -2.17. The molecule has 4 rings (SSSR count). The molecule has 0 saturated carbocycles. The molecule has 1 aliphatic carbocycles. The van der Waals surface area contributed by atoms with Crippen LogP contribution in [0.4, 0.5) is 5.69 Å². The van der Waals surface area contributed by atoms with Crippen LogP contribution in [-0.4, -0.2) is 19.3 Å². The fourth-order valence-corrected chi connectivity index (χ4v) is 4.02. The monoisotopic (exact) mass is 343 g/mol. The Labute approximate surface area is 148 Å². The first-order valence-electron chi connectivity index (χ1n) is 9.32. The third-order valence-electron chi connectivity index (χ3n) is 5.31. The van der Waals surface area contributed by atoms with Gasteiger partial charge in [0.25, 0.3) is 0 Å². The van der Waals surface area contributed by atoms with E-state index in [2.05, 4.69) is 18.3 Å². The molecule has 1 aromatic carbocycles. The third kappa shape index (κ3) is 3.20. The number of anilines is 1. The predicted octanol–water partition coefficient (Wildman–Crippen LogP) is 4.34. The van der Waals surface area contributed by atoms with Crippen LogP contribution in [0.15, 0.2) is 24.0 Å². The Bertz CT molecular complexity index is 697. The van der Waals surface area contributed by atoms with Crippen molar-refractivity contribution in [3.63, 3.8) is 0 Å². The van der Waals surface area contributed by atoms with Gasteiger partial charge < -0.3 is 19.5 Å². The first-order valence-corrected chi connectivity index (χ1v) is 9.32. The molecule has 2 unspecified atom stereocenters. The number of hydrogen-bond donors (Lipinski definition) is 1.